The number of nitrogens with zero attached hydrogens (tertiary/aromatic N) is 3. The molecule has 0 atom stereocenters. The maximum Gasteiger partial charge on any atom is 0.332 e. The number of amides is 1. The number of benzene rings is 2. The van der Waals surface area contributed by atoms with Crippen LogP contribution in [-0.4, -0.2) is 27.6 Å². The third kappa shape index (κ3) is 3.52. The van der Waals surface area contributed by atoms with E-state index < -0.39 is 11.7 Å². The fourth-order valence-electron chi connectivity index (χ4n) is 3.71. The number of esters is 1. The molecule has 1 saturated heterocycles. The first-order valence-electron chi connectivity index (χ1n) is 9.83. The van der Waals surface area contributed by atoms with Gasteiger partial charge in [0.05, 0.1) is 10.9 Å². The van der Waals surface area contributed by atoms with Crippen LogP contribution in [0.1, 0.15) is 19.8 Å². The predicted molar refractivity (Wildman–Crippen MR) is 112 cm³/mol. The number of hydrogen-bond donors (Lipinski definition) is 0. The highest BCUT2D eigenvalue weighted by molar-refractivity contribution is 5.95. The molecule has 1 aromatic heterocycles. The first-order valence-corrected chi connectivity index (χ1v) is 9.83. The summed E-state index contributed by atoms with van der Waals surface area (Å²) in [7, 11) is 0. The quantitative estimate of drug-likeness (QED) is 0.476. The van der Waals surface area contributed by atoms with E-state index in [1.54, 1.807) is 60.4 Å². The van der Waals surface area contributed by atoms with E-state index in [4.69, 9.17) is 4.74 Å². The maximum atomic E-state index is 12.7. The highest BCUT2D eigenvalue weighted by Gasteiger charge is 2.21. The molecule has 3 aromatic rings. The summed E-state index contributed by atoms with van der Waals surface area (Å²) in [5.74, 6) is -0.234. The average molecular weight is 407 g/mol. The fourth-order valence-corrected chi connectivity index (χ4v) is 3.71. The second-order valence-electron chi connectivity index (χ2n) is 7.05. The first-order chi connectivity index (χ1) is 14.5. The van der Waals surface area contributed by atoms with Crippen molar-refractivity contribution < 1.29 is 14.3 Å². The molecule has 1 fully saturated rings. The van der Waals surface area contributed by atoms with Crippen molar-refractivity contribution in [1.29, 1.82) is 0 Å². The lowest BCUT2D eigenvalue weighted by molar-refractivity contribution is -0.135. The van der Waals surface area contributed by atoms with Crippen LogP contribution < -0.4 is 20.9 Å². The van der Waals surface area contributed by atoms with Gasteiger partial charge in [-0.2, -0.15) is 0 Å². The molecule has 2 aromatic carbocycles. The van der Waals surface area contributed by atoms with E-state index in [1.165, 1.54) is 4.57 Å². The second-order valence-corrected chi connectivity index (χ2v) is 7.05. The minimum Gasteiger partial charge on any atom is -0.425 e. The summed E-state index contributed by atoms with van der Waals surface area (Å²) >= 11 is 0. The number of para-hydroxylation sites is 1. The number of fused-ring (bicyclic) bond motifs is 1. The van der Waals surface area contributed by atoms with Gasteiger partial charge in [-0.1, -0.05) is 12.1 Å². The molecule has 8 heteroatoms. The lowest BCUT2D eigenvalue weighted by Crippen LogP contribution is -2.41. The van der Waals surface area contributed by atoms with Gasteiger partial charge in [0.25, 0.3) is 5.56 Å². The molecule has 1 aliphatic rings. The van der Waals surface area contributed by atoms with E-state index in [0.717, 1.165) is 16.7 Å². The van der Waals surface area contributed by atoms with Gasteiger partial charge in [-0.05, 0) is 49.7 Å². The van der Waals surface area contributed by atoms with Crippen molar-refractivity contribution in [2.75, 3.05) is 11.4 Å². The molecule has 1 amide bonds. The summed E-state index contributed by atoms with van der Waals surface area (Å²) in [5, 5.41) is 0.367. The van der Waals surface area contributed by atoms with E-state index in [1.807, 2.05) is 0 Å². The Hall–Kier alpha value is -3.68. The summed E-state index contributed by atoms with van der Waals surface area (Å²) in [6, 6.07) is 13.4. The van der Waals surface area contributed by atoms with E-state index >= 15 is 0 Å². The molecule has 0 spiro atoms. The Bertz CT molecular complexity index is 1240. The van der Waals surface area contributed by atoms with Gasteiger partial charge >= 0.3 is 11.7 Å². The average Bonchev–Trinajstić information content (AvgIpc) is 3.18. The van der Waals surface area contributed by atoms with Gasteiger partial charge in [-0.15, -0.1) is 0 Å². The molecule has 0 N–H and O–H groups in total. The van der Waals surface area contributed by atoms with E-state index in [9.17, 15) is 19.2 Å². The monoisotopic (exact) mass is 407 g/mol. The van der Waals surface area contributed by atoms with Gasteiger partial charge in [0.2, 0.25) is 5.91 Å². The summed E-state index contributed by atoms with van der Waals surface area (Å²) in [6.07, 6.45) is 1.37. The van der Waals surface area contributed by atoms with Gasteiger partial charge in [0.15, 0.2) is 0 Å². The van der Waals surface area contributed by atoms with E-state index in [-0.39, 0.29) is 24.6 Å². The van der Waals surface area contributed by atoms with E-state index in [2.05, 4.69) is 0 Å². The van der Waals surface area contributed by atoms with Crippen LogP contribution in [0.4, 0.5) is 5.69 Å². The number of carbonyl (C=O) groups excluding carboxylic acids is 2. The van der Waals surface area contributed by atoms with Crippen LogP contribution in [0.2, 0.25) is 0 Å². The van der Waals surface area contributed by atoms with Crippen molar-refractivity contribution in [3.63, 3.8) is 0 Å². The summed E-state index contributed by atoms with van der Waals surface area (Å²) in [6.45, 7) is 2.26. The molecule has 0 aliphatic carbocycles. The first kappa shape index (κ1) is 19.6. The van der Waals surface area contributed by atoms with Crippen LogP contribution in [0.3, 0.4) is 0 Å². The Morgan fingerprint density at radius 3 is 2.40 bits per heavy atom. The minimum atomic E-state index is -0.631. The van der Waals surface area contributed by atoms with Crippen LogP contribution in [0, 0.1) is 0 Å². The molecule has 0 bridgehead atoms. The third-order valence-corrected chi connectivity index (χ3v) is 5.19. The molecule has 0 saturated carbocycles. The van der Waals surface area contributed by atoms with Crippen molar-refractivity contribution in [3.05, 3.63) is 69.4 Å². The van der Waals surface area contributed by atoms with Crippen LogP contribution in [0.25, 0.3) is 10.9 Å². The lowest BCUT2D eigenvalue weighted by Gasteiger charge is -2.16. The van der Waals surface area contributed by atoms with Crippen molar-refractivity contribution in [2.24, 2.45) is 0 Å². The largest absolute Gasteiger partial charge is 0.425 e. The Balaban J connectivity index is 1.57. The standard InChI is InChI=1S/C22H21N3O5/c1-2-23-21(28)17-6-3-4-7-18(17)25(22(23)29)14-20(27)30-16-11-9-15(10-12-16)24-13-5-8-19(24)26/h3-4,6-7,9-12H,2,5,8,13-14H2,1H3. The van der Waals surface area contributed by atoms with Gasteiger partial charge < -0.3 is 9.64 Å². The van der Waals surface area contributed by atoms with Gasteiger partial charge in [0.1, 0.15) is 12.3 Å². The summed E-state index contributed by atoms with van der Waals surface area (Å²) < 4.78 is 7.73. The van der Waals surface area contributed by atoms with E-state index in [0.29, 0.717) is 29.6 Å². The molecule has 0 unspecified atom stereocenters. The predicted octanol–water partition coefficient (Wildman–Crippen LogP) is 1.92. The molecule has 4 rings (SSSR count). The SMILES string of the molecule is CCn1c(=O)c2ccccc2n(CC(=O)Oc2ccc(N3CCCC3=O)cc2)c1=O. The minimum absolute atomic E-state index is 0.0806. The summed E-state index contributed by atoms with van der Waals surface area (Å²) in [4.78, 5) is 51.3. The van der Waals surface area contributed by atoms with Gasteiger partial charge in [-0.25, -0.2) is 9.59 Å². The second kappa shape index (κ2) is 7.98. The highest BCUT2D eigenvalue weighted by Crippen LogP contribution is 2.24. The number of hydrogen-bond acceptors (Lipinski definition) is 5. The van der Waals surface area contributed by atoms with Gasteiger partial charge in [-0.3, -0.25) is 18.7 Å². The number of aromatic nitrogens is 2. The van der Waals surface area contributed by atoms with Crippen LogP contribution in [0.15, 0.2) is 58.1 Å². The highest BCUT2D eigenvalue weighted by atomic mass is 16.5. The fraction of sp³-hybridized carbons (Fsp3) is 0.273. The number of carbonyl (C=O) groups is 2. The third-order valence-electron chi connectivity index (χ3n) is 5.19. The number of rotatable bonds is 5. The number of anilines is 1. The zero-order valence-corrected chi connectivity index (χ0v) is 16.5. The topological polar surface area (TPSA) is 90.6 Å². The Morgan fingerprint density at radius 1 is 1.00 bits per heavy atom. The Labute approximate surface area is 171 Å². The molecular weight excluding hydrogens is 386 g/mol. The molecule has 30 heavy (non-hydrogen) atoms. The summed E-state index contributed by atoms with van der Waals surface area (Å²) in [5.41, 5.74) is 0.211. The molecular formula is C22H21N3O5. The maximum absolute atomic E-state index is 12.7. The Morgan fingerprint density at radius 2 is 1.73 bits per heavy atom. The lowest BCUT2D eigenvalue weighted by atomic mass is 10.2. The Kier molecular flexibility index (Phi) is 5.22. The zero-order valence-electron chi connectivity index (χ0n) is 16.5. The van der Waals surface area contributed by atoms with Crippen molar-refractivity contribution in [1.82, 2.24) is 9.13 Å². The van der Waals surface area contributed by atoms with Crippen molar-refractivity contribution in [3.8, 4) is 5.75 Å². The molecule has 2 heterocycles. The zero-order chi connectivity index (χ0) is 21.3. The normalized spacial score (nSPS) is 13.8. The van der Waals surface area contributed by atoms with Crippen molar-refractivity contribution >= 4 is 28.5 Å². The number of ether oxygens (including phenoxy) is 1. The van der Waals surface area contributed by atoms with Crippen LogP contribution >= 0.6 is 0 Å². The van der Waals surface area contributed by atoms with Crippen LogP contribution in [0.5, 0.6) is 5.75 Å². The molecule has 0 radical (unpaired) electrons. The van der Waals surface area contributed by atoms with Gasteiger partial charge in [0, 0.05) is 25.2 Å². The van der Waals surface area contributed by atoms with Crippen LogP contribution in [-0.2, 0) is 22.7 Å². The van der Waals surface area contributed by atoms with Crippen molar-refractivity contribution in [2.45, 2.75) is 32.9 Å². The smallest absolute Gasteiger partial charge is 0.332 e. The molecule has 8 nitrogen and oxygen atoms in total. The molecule has 1 aliphatic heterocycles. The molecule has 154 valence electrons.